The molecule has 1 saturated heterocycles. The number of hydrogen-bond donors (Lipinski definition) is 4. The van der Waals surface area contributed by atoms with Crippen LogP contribution >= 0.6 is 0 Å². The Kier molecular flexibility index (Phi) is 5.77. The molecule has 2 atom stereocenters. The van der Waals surface area contributed by atoms with Gasteiger partial charge in [-0.1, -0.05) is 30.3 Å². The Morgan fingerprint density at radius 1 is 1.12 bits per heavy atom. The lowest BCUT2D eigenvalue weighted by atomic mass is 9.94. The molecule has 0 radical (unpaired) electrons. The van der Waals surface area contributed by atoms with Crippen molar-refractivity contribution in [3.05, 3.63) is 70.3 Å². The minimum Gasteiger partial charge on any atom is -0.383 e. The Labute approximate surface area is 151 Å². The summed E-state index contributed by atoms with van der Waals surface area (Å²) in [5, 5.41) is 16.7. The normalized spacial score (nSPS) is 19.1. The van der Waals surface area contributed by atoms with Crippen LogP contribution in [-0.4, -0.2) is 30.5 Å². The van der Waals surface area contributed by atoms with Gasteiger partial charge in [-0.25, -0.2) is 5.43 Å². The monoisotopic (exact) mass is 355 g/mol. The Morgan fingerprint density at radius 2 is 1.85 bits per heavy atom. The van der Waals surface area contributed by atoms with Gasteiger partial charge in [0.2, 0.25) is 5.91 Å². The third kappa shape index (κ3) is 4.35. The molecule has 1 aliphatic rings. The zero-order valence-electron chi connectivity index (χ0n) is 14.1. The maximum Gasteiger partial charge on any atom is 0.269 e. The Balaban J connectivity index is 1.46. The topological polar surface area (TPSA) is 108 Å². The number of hydrogen-bond acceptors (Lipinski definition) is 6. The fraction of sp³-hybridized carbons (Fsp3) is 0.278. The number of nitro benzene ring substituents is 1. The van der Waals surface area contributed by atoms with Crippen LogP contribution in [0.4, 0.5) is 11.4 Å². The number of nitrogens with zero attached hydrogens (tertiary/aromatic N) is 1. The number of anilines is 1. The van der Waals surface area contributed by atoms with Gasteiger partial charge in [-0.05, 0) is 17.7 Å². The number of nitrogens with one attached hydrogen (secondary N) is 4. The molecule has 1 fully saturated rings. The van der Waals surface area contributed by atoms with Crippen LogP contribution in [0.2, 0.25) is 0 Å². The molecule has 8 nitrogen and oxygen atoms in total. The highest BCUT2D eigenvalue weighted by Crippen LogP contribution is 2.24. The average molecular weight is 355 g/mol. The van der Waals surface area contributed by atoms with Gasteiger partial charge in [0.05, 0.1) is 16.9 Å². The third-order valence-corrected chi connectivity index (χ3v) is 4.31. The molecule has 1 heterocycles. The van der Waals surface area contributed by atoms with E-state index in [9.17, 15) is 14.9 Å². The molecule has 2 aromatic rings. The van der Waals surface area contributed by atoms with E-state index in [1.807, 2.05) is 30.3 Å². The van der Waals surface area contributed by atoms with Crippen molar-refractivity contribution in [2.45, 2.75) is 6.04 Å². The zero-order chi connectivity index (χ0) is 18.4. The van der Waals surface area contributed by atoms with Crippen LogP contribution in [0.5, 0.6) is 0 Å². The van der Waals surface area contributed by atoms with Crippen molar-refractivity contribution in [3.8, 4) is 0 Å². The summed E-state index contributed by atoms with van der Waals surface area (Å²) in [7, 11) is 0. The lowest BCUT2D eigenvalue weighted by molar-refractivity contribution is -0.384. The van der Waals surface area contributed by atoms with Gasteiger partial charge in [-0.2, -0.15) is 0 Å². The summed E-state index contributed by atoms with van der Waals surface area (Å²) in [4.78, 5) is 22.7. The standard InChI is InChI=1S/C18H21N5O3/c24-18(16-12-21-22-17(16)13-4-2-1-3-5-13)20-11-10-19-14-6-8-15(9-7-14)23(25)26/h1-9,16-17,19,21-22H,10-12H2,(H,20,24). The first-order chi connectivity index (χ1) is 12.6. The SMILES string of the molecule is O=C(NCCNc1ccc([N+](=O)[O-])cc1)C1CNNC1c1ccccc1. The van der Waals surface area contributed by atoms with Crippen molar-refractivity contribution in [2.24, 2.45) is 5.92 Å². The first kappa shape index (κ1) is 17.8. The van der Waals surface area contributed by atoms with Gasteiger partial charge in [-0.3, -0.25) is 20.3 Å². The summed E-state index contributed by atoms with van der Waals surface area (Å²) >= 11 is 0. The highest BCUT2D eigenvalue weighted by atomic mass is 16.6. The van der Waals surface area contributed by atoms with Gasteiger partial charge in [0, 0.05) is 37.5 Å². The number of benzene rings is 2. The second kappa shape index (κ2) is 8.41. The van der Waals surface area contributed by atoms with Gasteiger partial charge in [-0.15, -0.1) is 0 Å². The predicted octanol–water partition coefficient (Wildman–Crippen LogP) is 1.59. The lowest BCUT2D eigenvalue weighted by Gasteiger charge is -2.18. The molecule has 136 valence electrons. The number of carbonyl (C=O) groups is 1. The molecular weight excluding hydrogens is 334 g/mol. The summed E-state index contributed by atoms with van der Waals surface area (Å²) in [6.45, 7) is 1.57. The average Bonchev–Trinajstić information content (AvgIpc) is 3.16. The molecule has 1 amide bonds. The molecule has 8 heteroatoms. The fourth-order valence-corrected chi connectivity index (χ4v) is 2.94. The number of non-ortho nitro benzene ring substituents is 1. The highest BCUT2D eigenvalue weighted by Gasteiger charge is 2.33. The zero-order valence-corrected chi connectivity index (χ0v) is 14.1. The van der Waals surface area contributed by atoms with Crippen LogP contribution in [0.25, 0.3) is 0 Å². The molecule has 26 heavy (non-hydrogen) atoms. The molecule has 3 rings (SSSR count). The summed E-state index contributed by atoms with van der Waals surface area (Å²) in [5.74, 6) is -0.196. The number of nitro groups is 1. The van der Waals surface area contributed by atoms with Gasteiger partial charge >= 0.3 is 0 Å². The van der Waals surface area contributed by atoms with Crippen molar-refractivity contribution >= 4 is 17.3 Å². The van der Waals surface area contributed by atoms with E-state index in [0.29, 0.717) is 19.6 Å². The van der Waals surface area contributed by atoms with Crippen molar-refractivity contribution in [1.29, 1.82) is 0 Å². The van der Waals surface area contributed by atoms with Crippen molar-refractivity contribution < 1.29 is 9.72 Å². The van der Waals surface area contributed by atoms with Crippen molar-refractivity contribution in [3.63, 3.8) is 0 Å². The Hall–Kier alpha value is -2.97. The smallest absolute Gasteiger partial charge is 0.269 e. The molecule has 0 spiro atoms. The fourth-order valence-electron chi connectivity index (χ4n) is 2.94. The van der Waals surface area contributed by atoms with Crippen LogP contribution < -0.4 is 21.5 Å². The van der Waals surface area contributed by atoms with Gasteiger partial charge < -0.3 is 10.6 Å². The number of amides is 1. The van der Waals surface area contributed by atoms with Crippen LogP contribution in [0.3, 0.4) is 0 Å². The van der Waals surface area contributed by atoms with Crippen LogP contribution in [0.15, 0.2) is 54.6 Å². The first-order valence-corrected chi connectivity index (χ1v) is 8.44. The summed E-state index contributed by atoms with van der Waals surface area (Å²) in [5.41, 5.74) is 8.10. The van der Waals surface area contributed by atoms with E-state index < -0.39 is 4.92 Å². The van der Waals surface area contributed by atoms with E-state index >= 15 is 0 Å². The number of hydrazine groups is 1. The lowest BCUT2D eigenvalue weighted by Crippen LogP contribution is -2.37. The number of rotatable bonds is 7. The summed E-state index contributed by atoms with van der Waals surface area (Å²) < 4.78 is 0. The predicted molar refractivity (Wildman–Crippen MR) is 98.4 cm³/mol. The second-order valence-corrected chi connectivity index (χ2v) is 6.04. The third-order valence-electron chi connectivity index (χ3n) is 4.31. The van der Waals surface area contributed by atoms with Crippen molar-refractivity contribution in [1.82, 2.24) is 16.2 Å². The van der Waals surface area contributed by atoms with E-state index in [0.717, 1.165) is 11.3 Å². The molecular formula is C18H21N5O3. The van der Waals surface area contributed by atoms with Crippen LogP contribution in [0.1, 0.15) is 11.6 Å². The van der Waals surface area contributed by atoms with Gasteiger partial charge in [0.1, 0.15) is 0 Å². The Morgan fingerprint density at radius 3 is 2.54 bits per heavy atom. The molecule has 1 aliphatic heterocycles. The van der Waals surface area contributed by atoms with Crippen LogP contribution in [-0.2, 0) is 4.79 Å². The van der Waals surface area contributed by atoms with Crippen LogP contribution in [0, 0.1) is 16.0 Å². The van der Waals surface area contributed by atoms with E-state index in [1.165, 1.54) is 12.1 Å². The largest absolute Gasteiger partial charge is 0.383 e. The van der Waals surface area contributed by atoms with Gasteiger partial charge in [0.15, 0.2) is 0 Å². The molecule has 0 saturated carbocycles. The molecule has 0 bridgehead atoms. The minimum absolute atomic E-state index is 0.0122. The van der Waals surface area contributed by atoms with E-state index in [2.05, 4.69) is 21.5 Å². The molecule has 0 aliphatic carbocycles. The Bertz CT molecular complexity index is 751. The molecule has 2 unspecified atom stereocenters. The van der Waals surface area contributed by atoms with E-state index in [-0.39, 0.29) is 23.6 Å². The maximum atomic E-state index is 12.5. The number of carbonyl (C=O) groups excluding carboxylic acids is 1. The first-order valence-electron chi connectivity index (χ1n) is 8.44. The minimum atomic E-state index is -0.434. The highest BCUT2D eigenvalue weighted by molar-refractivity contribution is 5.80. The molecule has 2 aromatic carbocycles. The maximum absolute atomic E-state index is 12.5. The van der Waals surface area contributed by atoms with E-state index in [4.69, 9.17) is 0 Å². The summed E-state index contributed by atoms with van der Waals surface area (Å²) in [6.07, 6.45) is 0. The summed E-state index contributed by atoms with van der Waals surface area (Å²) in [6, 6.07) is 16.0. The van der Waals surface area contributed by atoms with E-state index in [1.54, 1.807) is 12.1 Å². The quantitative estimate of drug-likeness (QED) is 0.341. The molecule has 0 aromatic heterocycles. The van der Waals surface area contributed by atoms with Crippen molar-refractivity contribution in [2.75, 3.05) is 25.0 Å². The molecule has 4 N–H and O–H groups in total. The van der Waals surface area contributed by atoms with Gasteiger partial charge in [0.25, 0.3) is 5.69 Å². The second-order valence-electron chi connectivity index (χ2n) is 6.04.